The van der Waals surface area contributed by atoms with Crippen molar-refractivity contribution >= 4 is 33.1 Å². The van der Waals surface area contributed by atoms with E-state index in [4.69, 9.17) is 0 Å². The maximum Gasteiger partial charge on any atom is 0.394 e. The second kappa shape index (κ2) is 6.54. The topological polar surface area (TPSA) is 26.4 Å². The minimum atomic E-state index is -0.108. The summed E-state index contributed by atoms with van der Waals surface area (Å²) in [6.45, 7) is 0. The van der Waals surface area contributed by atoms with Crippen LogP contribution in [-0.4, -0.2) is 13.7 Å². The summed E-state index contributed by atoms with van der Waals surface area (Å²) in [5.41, 5.74) is 7.18. The van der Waals surface area contributed by atoms with Gasteiger partial charge in [0, 0.05) is 0 Å². The summed E-state index contributed by atoms with van der Waals surface area (Å²) in [7, 11) is 6.33. The van der Waals surface area contributed by atoms with Crippen molar-refractivity contribution in [2.45, 2.75) is 6.29 Å². The summed E-state index contributed by atoms with van der Waals surface area (Å²) in [4.78, 5) is 0. The molecular formula is C25H25N6+3. The van der Waals surface area contributed by atoms with Gasteiger partial charge in [0.15, 0.2) is 33.1 Å². The average molecular weight is 410 g/mol. The number of aryl methyl sites for hydroxylation is 3. The number of fused-ring (bicyclic) bond motifs is 3. The number of benzene rings is 3. The SMILES string of the molecule is C[n+]1cn(C(n2c[n+](C)c3ccccc32)n2c[n+](C)c3ccccc32)c2ccccc21. The number of nitrogens with zero attached hydrogens (tertiary/aromatic N) is 6. The van der Waals surface area contributed by atoms with Gasteiger partial charge in [-0.15, -0.1) is 13.7 Å². The first-order valence-corrected chi connectivity index (χ1v) is 10.5. The van der Waals surface area contributed by atoms with Crippen molar-refractivity contribution in [3.8, 4) is 0 Å². The molecule has 6 heteroatoms. The fourth-order valence-electron chi connectivity index (χ4n) is 4.83. The molecular weight excluding hydrogens is 384 g/mol. The molecule has 6 nitrogen and oxygen atoms in total. The highest BCUT2D eigenvalue weighted by molar-refractivity contribution is 5.75. The molecule has 0 bridgehead atoms. The first-order chi connectivity index (χ1) is 15.1. The second-order valence-electron chi connectivity index (χ2n) is 8.21. The van der Waals surface area contributed by atoms with Crippen LogP contribution in [0.5, 0.6) is 0 Å². The van der Waals surface area contributed by atoms with Gasteiger partial charge in [0.2, 0.25) is 0 Å². The molecule has 0 fully saturated rings. The van der Waals surface area contributed by atoms with E-state index < -0.39 is 0 Å². The maximum atomic E-state index is 2.36. The normalized spacial score (nSPS) is 12.0. The van der Waals surface area contributed by atoms with Gasteiger partial charge in [-0.25, -0.2) is 13.7 Å². The number of para-hydroxylation sites is 6. The van der Waals surface area contributed by atoms with Crippen molar-refractivity contribution in [1.82, 2.24) is 13.7 Å². The Kier molecular flexibility index (Phi) is 3.77. The van der Waals surface area contributed by atoms with Crippen molar-refractivity contribution < 1.29 is 13.7 Å². The van der Waals surface area contributed by atoms with Crippen LogP contribution in [0.4, 0.5) is 0 Å². The first kappa shape index (κ1) is 17.9. The lowest BCUT2D eigenvalue weighted by Gasteiger charge is -2.09. The Hall–Kier alpha value is -3.93. The molecule has 31 heavy (non-hydrogen) atoms. The molecule has 0 N–H and O–H groups in total. The van der Waals surface area contributed by atoms with Gasteiger partial charge in [-0.3, -0.25) is 0 Å². The van der Waals surface area contributed by atoms with Gasteiger partial charge in [-0.1, -0.05) is 36.4 Å². The third kappa shape index (κ3) is 2.54. The van der Waals surface area contributed by atoms with Gasteiger partial charge in [0.05, 0.1) is 21.1 Å². The summed E-state index contributed by atoms with van der Waals surface area (Å²) in [5.74, 6) is 0. The maximum absolute atomic E-state index is 2.36. The summed E-state index contributed by atoms with van der Waals surface area (Å²) in [5, 5.41) is 0. The Morgan fingerprint density at radius 2 is 0.774 bits per heavy atom. The number of imidazole rings is 3. The van der Waals surface area contributed by atoms with E-state index in [1.54, 1.807) is 0 Å². The molecule has 6 aromatic rings. The van der Waals surface area contributed by atoms with E-state index in [9.17, 15) is 0 Å². The van der Waals surface area contributed by atoms with Crippen molar-refractivity contribution in [3.05, 3.63) is 91.8 Å². The zero-order valence-electron chi connectivity index (χ0n) is 17.9. The fourth-order valence-corrected chi connectivity index (χ4v) is 4.83. The predicted molar refractivity (Wildman–Crippen MR) is 119 cm³/mol. The standard InChI is InChI=1S/C25H25N6/c1-26-16-29(22-13-7-4-10-19(22)26)25(30-17-27(2)20-11-5-8-14-23(20)30)31-18-28(3)21-12-6-9-15-24(21)31/h4-18,25H,1-3H3/q+3. The Balaban J connectivity index is 1.74. The smallest absolute Gasteiger partial charge is 0.232 e. The van der Waals surface area contributed by atoms with Crippen molar-refractivity contribution in [3.63, 3.8) is 0 Å². The van der Waals surface area contributed by atoms with Crippen LogP contribution in [0.25, 0.3) is 33.1 Å². The van der Waals surface area contributed by atoms with Crippen LogP contribution in [0.3, 0.4) is 0 Å². The molecule has 0 aliphatic carbocycles. The number of rotatable bonds is 3. The van der Waals surface area contributed by atoms with Gasteiger partial charge in [-0.05, 0) is 36.4 Å². The van der Waals surface area contributed by atoms with Crippen LogP contribution in [0.15, 0.2) is 91.8 Å². The minimum Gasteiger partial charge on any atom is -0.232 e. The zero-order chi connectivity index (χ0) is 21.1. The van der Waals surface area contributed by atoms with E-state index in [2.05, 4.69) is 140 Å². The van der Waals surface area contributed by atoms with Crippen LogP contribution >= 0.6 is 0 Å². The zero-order valence-corrected chi connectivity index (χ0v) is 17.9. The summed E-state index contributed by atoms with van der Waals surface area (Å²) < 4.78 is 13.6. The number of hydrogen-bond acceptors (Lipinski definition) is 0. The molecule has 152 valence electrons. The lowest BCUT2D eigenvalue weighted by molar-refractivity contribution is -0.648. The molecule has 0 radical (unpaired) electrons. The lowest BCUT2D eigenvalue weighted by atomic mass is 10.3. The third-order valence-corrected chi connectivity index (χ3v) is 6.26. The second-order valence-corrected chi connectivity index (χ2v) is 8.21. The summed E-state index contributed by atoms with van der Waals surface area (Å²) in [6, 6.07) is 25.7. The number of aromatic nitrogens is 6. The predicted octanol–water partition coefficient (Wildman–Crippen LogP) is 2.58. The van der Waals surface area contributed by atoms with E-state index >= 15 is 0 Å². The molecule has 0 spiro atoms. The monoisotopic (exact) mass is 409 g/mol. The van der Waals surface area contributed by atoms with Crippen LogP contribution in [-0.2, 0) is 21.1 Å². The molecule has 0 aliphatic rings. The van der Waals surface area contributed by atoms with E-state index in [0.717, 1.165) is 0 Å². The van der Waals surface area contributed by atoms with Crippen LogP contribution < -0.4 is 13.7 Å². The molecule has 0 amide bonds. The van der Waals surface area contributed by atoms with Crippen molar-refractivity contribution in [2.24, 2.45) is 21.1 Å². The fraction of sp³-hybridized carbons (Fsp3) is 0.160. The highest BCUT2D eigenvalue weighted by Gasteiger charge is 2.37. The van der Waals surface area contributed by atoms with Gasteiger partial charge in [-0.2, -0.15) is 0 Å². The summed E-state index contributed by atoms with van der Waals surface area (Å²) >= 11 is 0. The van der Waals surface area contributed by atoms with Gasteiger partial charge in [0.25, 0.3) is 19.0 Å². The van der Waals surface area contributed by atoms with Crippen LogP contribution in [0.2, 0.25) is 0 Å². The highest BCUT2D eigenvalue weighted by atomic mass is 15.4. The molecule has 0 saturated carbocycles. The Bertz CT molecular complexity index is 1390. The van der Waals surface area contributed by atoms with E-state index in [1.807, 2.05) is 0 Å². The lowest BCUT2D eigenvalue weighted by Crippen LogP contribution is -2.32. The molecule has 6 rings (SSSR count). The average Bonchev–Trinajstić information content (AvgIpc) is 3.43. The molecule has 0 unspecified atom stereocenters. The van der Waals surface area contributed by atoms with Gasteiger partial charge in [0.1, 0.15) is 0 Å². The molecule has 0 saturated heterocycles. The molecule has 0 aliphatic heterocycles. The largest absolute Gasteiger partial charge is 0.394 e. The minimum absolute atomic E-state index is 0.108. The molecule has 3 aromatic heterocycles. The quantitative estimate of drug-likeness (QED) is 0.402. The van der Waals surface area contributed by atoms with Crippen LogP contribution in [0, 0.1) is 0 Å². The molecule has 3 aromatic carbocycles. The summed E-state index contributed by atoms with van der Waals surface area (Å²) in [6.07, 6.45) is 6.47. The van der Waals surface area contributed by atoms with Crippen molar-refractivity contribution in [1.29, 1.82) is 0 Å². The highest BCUT2D eigenvalue weighted by Crippen LogP contribution is 2.26. The van der Waals surface area contributed by atoms with Gasteiger partial charge < -0.3 is 0 Å². The van der Waals surface area contributed by atoms with Crippen molar-refractivity contribution in [2.75, 3.05) is 0 Å². The Labute approximate surface area is 180 Å². The number of hydrogen-bond donors (Lipinski definition) is 0. The van der Waals surface area contributed by atoms with E-state index in [0.29, 0.717) is 0 Å². The first-order valence-electron chi connectivity index (χ1n) is 10.5. The van der Waals surface area contributed by atoms with Crippen LogP contribution in [0.1, 0.15) is 6.29 Å². The van der Waals surface area contributed by atoms with E-state index in [-0.39, 0.29) is 6.29 Å². The van der Waals surface area contributed by atoms with E-state index in [1.165, 1.54) is 33.1 Å². The molecule has 3 heterocycles. The third-order valence-electron chi connectivity index (χ3n) is 6.26. The van der Waals surface area contributed by atoms with Gasteiger partial charge >= 0.3 is 6.29 Å². The molecule has 0 atom stereocenters. The Morgan fingerprint density at radius 1 is 0.484 bits per heavy atom. The Morgan fingerprint density at radius 3 is 1.10 bits per heavy atom.